The highest BCUT2D eigenvalue weighted by Gasteiger charge is 2.22. The summed E-state index contributed by atoms with van der Waals surface area (Å²) in [4.78, 5) is 17.4. The molecule has 136 valence electrons. The second-order valence-electron chi connectivity index (χ2n) is 6.80. The van der Waals surface area contributed by atoms with Crippen molar-refractivity contribution in [1.29, 1.82) is 0 Å². The normalized spacial score (nSPS) is 16.0. The molecule has 1 N–H and O–H groups in total. The van der Waals surface area contributed by atoms with Gasteiger partial charge in [-0.3, -0.25) is 10.1 Å². The van der Waals surface area contributed by atoms with Gasteiger partial charge in [-0.1, -0.05) is 37.8 Å². The SMILES string of the molecule is CCOCCCn1c(NC(=O)C2CCCCCC2)nc2ccccc21. The summed E-state index contributed by atoms with van der Waals surface area (Å²) in [5.74, 6) is 0.925. The first-order valence-electron chi connectivity index (χ1n) is 9.63. The Labute approximate surface area is 149 Å². The van der Waals surface area contributed by atoms with Gasteiger partial charge in [0.2, 0.25) is 11.9 Å². The van der Waals surface area contributed by atoms with Gasteiger partial charge < -0.3 is 9.30 Å². The fourth-order valence-electron chi connectivity index (χ4n) is 3.62. The lowest BCUT2D eigenvalue weighted by Gasteiger charge is -2.15. The Hall–Kier alpha value is -1.88. The number of fused-ring (bicyclic) bond motifs is 1. The Balaban J connectivity index is 1.75. The van der Waals surface area contributed by atoms with E-state index in [0.29, 0.717) is 5.95 Å². The van der Waals surface area contributed by atoms with Gasteiger partial charge in [0.05, 0.1) is 11.0 Å². The Morgan fingerprint density at radius 2 is 2.00 bits per heavy atom. The van der Waals surface area contributed by atoms with Gasteiger partial charge in [0.25, 0.3) is 0 Å². The van der Waals surface area contributed by atoms with Crippen molar-refractivity contribution in [2.75, 3.05) is 18.5 Å². The van der Waals surface area contributed by atoms with Gasteiger partial charge in [-0.15, -0.1) is 0 Å². The van der Waals surface area contributed by atoms with Crippen LogP contribution in [0.1, 0.15) is 51.9 Å². The zero-order chi connectivity index (χ0) is 17.5. The van der Waals surface area contributed by atoms with Gasteiger partial charge in [-0.05, 0) is 38.3 Å². The van der Waals surface area contributed by atoms with Crippen LogP contribution in [0.25, 0.3) is 11.0 Å². The fourth-order valence-corrected chi connectivity index (χ4v) is 3.62. The molecule has 0 radical (unpaired) electrons. The van der Waals surface area contributed by atoms with Crippen molar-refractivity contribution < 1.29 is 9.53 Å². The second kappa shape index (κ2) is 8.99. The highest BCUT2D eigenvalue weighted by atomic mass is 16.5. The quantitative estimate of drug-likeness (QED) is 0.600. The molecule has 0 aliphatic heterocycles. The third-order valence-electron chi connectivity index (χ3n) is 4.99. The highest BCUT2D eigenvalue weighted by molar-refractivity contribution is 5.93. The van der Waals surface area contributed by atoms with Gasteiger partial charge in [0, 0.05) is 25.7 Å². The van der Waals surface area contributed by atoms with Gasteiger partial charge in [0.1, 0.15) is 0 Å². The first-order chi connectivity index (χ1) is 12.3. The van der Waals surface area contributed by atoms with E-state index in [0.717, 1.165) is 62.9 Å². The molecule has 0 spiro atoms. The zero-order valence-electron chi connectivity index (χ0n) is 15.2. The van der Waals surface area contributed by atoms with Crippen LogP contribution in [0, 0.1) is 5.92 Å². The molecule has 1 aromatic carbocycles. The molecule has 1 amide bonds. The van der Waals surface area contributed by atoms with Crippen molar-refractivity contribution in [3.63, 3.8) is 0 Å². The monoisotopic (exact) mass is 343 g/mol. The van der Waals surface area contributed by atoms with Gasteiger partial charge in [-0.2, -0.15) is 0 Å². The first kappa shape index (κ1) is 17.9. The van der Waals surface area contributed by atoms with Crippen LogP contribution >= 0.6 is 0 Å². The number of amides is 1. The van der Waals surface area contributed by atoms with E-state index < -0.39 is 0 Å². The number of imidazole rings is 1. The third kappa shape index (κ3) is 4.60. The smallest absolute Gasteiger partial charge is 0.229 e. The molecule has 1 aliphatic carbocycles. The van der Waals surface area contributed by atoms with Gasteiger partial charge in [-0.25, -0.2) is 4.98 Å². The molecule has 25 heavy (non-hydrogen) atoms. The van der Waals surface area contributed by atoms with E-state index in [1.165, 1.54) is 12.8 Å². The number of hydrogen-bond acceptors (Lipinski definition) is 3. The molecule has 3 rings (SSSR count). The second-order valence-corrected chi connectivity index (χ2v) is 6.80. The maximum absolute atomic E-state index is 12.7. The summed E-state index contributed by atoms with van der Waals surface area (Å²) >= 11 is 0. The molecule has 0 bridgehead atoms. The van der Waals surface area contributed by atoms with Gasteiger partial charge >= 0.3 is 0 Å². The predicted octanol–water partition coefficient (Wildman–Crippen LogP) is 4.37. The molecule has 1 fully saturated rings. The van der Waals surface area contributed by atoms with E-state index in [4.69, 9.17) is 4.74 Å². The van der Waals surface area contributed by atoms with Crippen LogP contribution in [0.2, 0.25) is 0 Å². The number of nitrogens with zero attached hydrogens (tertiary/aromatic N) is 2. The molecule has 1 aromatic heterocycles. The van der Waals surface area contributed by atoms with Crippen molar-refractivity contribution in [3.8, 4) is 0 Å². The van der Waals surface area contributed by atoms with E-state index in [2.05, 4.69) is 20.9 Å². The number of anilines is 1. The molecular formula is C20H29N3O2. The minimum absolute atomic E-state index is 0.124. The molecule has 1 heterocycles. The van der Waals surface area contributed by atoms with E-state index in [1.807, 2.05) is 25.1 Å². The predicted molar refractivity (Wildman–Crippen MR) is 101 cm³/mol. The summed E-state index contributed by atoms with van der Waals surface area (Å²) in [7, 11) is 0. The summed E-state index contributed by atoms with van der Waals surface area (Å²) in [6.45, 7) is 4.25. The molecule has 1 aliphatic rings. The molecule has 0 unspecified atom stereocenters. The lowest BCUT2D eigenvalue weighted by atomic mass is 10.00. The van der Waals surface area contributed by atoms with Crippen LogP contribution in [-0.4, -0.2) is 28.7 Å². The largest absolute Gasteiger partial charge is 0.382 e. The Kier molecular flexibility index (Phi) is 6.45. The van der Waals surface area contributed by atoms with Crippen LogP contribution < -0.4 is 5.32 Å². The number of carbonyl (C=O) groups is 1. The van der Waals surface area contributed by atoms with E-state index in [1.54, 1.807) is 0 Å². The zero-order valence-corrected chi connectivity index (χ0v) is 15.2. The number of para-hydroxylation sites is 2. The summed E-state index contributed by atoms with van der Waals surface area (Å²) in [6.07, 6.45) is 7.71. The fraction of sp³-hybridized carbons (Fsp3) is 0.600. The van der Waals surface area contributed by atoms with Crippen molar-refractivity contribution in [2.45, 2.75) is 58.4 Å². The molecule has 0 atom stereocenters. The number of aryl methyl sites for hydroxylation is 1. The molecule has 1 saturated carbocycles. The Bertz CT molecular complexity index is 687. The molecule has 2 aromatic rings. The number of ether oxygens (including phenoxy) is 1. The number of carbonyl (C=O) groups excluding carboxylic acids is 1. The average Bonchev–Trinajstić information content (AvgIpc) is 2.79. The number of hydrogen-bond donors (Lipinski definition) is 1. The topological polar surface area (TPSA) is 56.1 Å². The lowest BCUT2D eigenvalue weighted by molar-refractivity contribution is -0.120. The summed E-state index contributed by atoms with van der Waals surface area (Å²) in [5.41, 5.74) is 1.99. The summed E-state index contributed by atoms with van der Waals surface area (Å²) < 4.78 is 7.57. The number of nitrogens with one attached hydrogen (secondary N) is 1. The van der Waals surface area contributed by atoms with E-state index in [-0.39, 0.29) is 11.8 Å². The minimum Gasteiger partial charge on any atom is -0.382 e. The molecule has 5 heteroatoms. The maximum atomic E-state index is 12.7. The number of aromatic nitrogens is 2. The van der Waals surface area contributed by atoms with E-state index >= 15 is 0 Å². The van der Waals surface area contributed by atoms with Crippen LogP contribution in [-0.2, 0) is 16.1 Å². The Morgan fingerprint density at radius 3 is 2.76 bits per heavy atom. The third-order valence-corrected chi connectivity index (χ3v) is 4.99. The van der Waals surface area contributed by atoms with Crippen molar-refractivity contribution in [1.82, 2.24) is 9.55 Å². The number of rotatable bonds is 7. The first-order valence-corrected chi connectivity index (χ1v) is 9.63. The van der Waals surface area contributed by atoms with Gasteiger partial charge in [0.15, 0.2) is 0 Å². The summed E-state index contributed by atoms with van der Waals surface area (Å²) in [5, 5.41) is 3.11. The van der Waals surface area contributed by atoms with Crippen LogP contribution in [0.15, 0.2) is 24.3 Å². The Morgan fingerprint density at radius 1 is 1.24 bits per heavy atom. The molecule has 0 saturated heterocycles. The van der Waals surface area contributed by atoms with Crippen LogP contribution in [0.3, 0.4) is 0 Å². The van der Waals surface area contributed by atoms with Crippen LogP contribution in [0.4, 0.5) is 5.95 Å². The minimum atomic E-state index is 0.124. The van der Waals surface area contributed by atoms with E-state index in [9.17, 15) is 4.79 Å². The lowest BCUT2D eigenvalue weighted by Crippen LogP contribution is -2.24. The molecular weight excluding hydrogens is 314 g/mol. The average molecular weight is 343 g/mol. The number of benzene rings is 1. The van der Waals surface area contributed by atoms with Crippen LogP contribution in [0.5, 0.6) is 0 Å². The highest BCUT2D eigenvalue weighted by Crippen LogP contribution is 2.25. The standard InChI is InChI=1S/C20H29N3O2/c1-2-25-15-9-14-23-18-13-8-7-12-17(18)21-20(23)22-19(24)16-10-5-3-4-6-11-16/h7-8,12-13,16H,2-6,9-11,14-15H2,1H3,(H,21,22,24). The van der Waals surface area contributed by atoms with Crippen molar-refractivity contribution >= 4 is 22.9 Å². The van der Waals surface area contributed by atoms with Crippen molar-refractivity contribution in [3.05, 3.63) is 24.3 Å². The van der Waals surface area contributed by atoms with Crippen molar-refractivity contribution in [2.24, 2.45) is 5.92 Å². The summed E-state index contributed by atoms with van der Waals surface area (Å²) in [6, 6.07) is 8.05. The molecule has 5 nitrogen and oxygen atoms in total. The maximum Gasteiger partial charge on any atom is 0.229 e.